The second-order valence-electron chi connectivity index (χ2n) is 10.6. The molecule has 4 rings (SSSR count). The van der Waals surface area contributed by atoms with Crippen LogP contribution >= 0.6 is 0 Å². The smallest absolute Gasteiger partial charge is 0.253 e. The predicted octanol–water partition coefficient (Wildman–Crippen LogP) is 5.40. The Labute approximate surface area is 244 Å². The fourth-order valence-electron chi connectivity index (χ4n) is 5.33. The molecule has 1 aliphatic heterocycles. The van der Waals surface area contributed by atoms with Gasteiger partial charge >= 0.3 is 0 Å². The first kappa shape index (κ1) is 30.6. The lowest BCUT2D eigenvalue weighted by molar-refractivity contribution is -0.116. The molecular formula is C31H43BN6O3. The topological polar surface area (TPSA) is 110 Å². The number of unbranched alkanes of at least 4 members (excludes halogenated alkanes) is 4. The third kappa shape index (κ3) is 8.09. The van der Waals surface area contributed by atoms with Crippen molar-refractivity contribution in [1.29, 1.82) is 0 Å². The van der Waals surface area contributed by atoms with E-state index < -0.39 is 0 Å². The van der Waals surface area contributed by atoms with E-state index in [1.165, 1.54) is 0 Å². The van der Waals surface area contributed by atoms with E-state index in [1.807, 2.05) is 23.0 Å². The van der Waals surface area contributed by atoms with Crippen molar-refractivity contribution in [3.05, 3.63) is 47.3 Å². The van der Waals surface area contributed by atoms with Crippen LogP contribution in [0.25, 0.3) is 11.0 Å². The lowest BCUT2D eigenvalue weighted by atomic mass is 9.98. The van der Waals surface area contributed by atoms with Crippen molar-refractivity contribution < 1.29 is 14.3 Å². The number of carbonyl (C=O) groups is 2. The molecule has 3 heterocycles. The number of hydrogen-bond acceptors (Lipinski definition) is 6. The first-order valence-corrected chi connectivity index (χ1v) is 15.1. The Hall–Kier alpha value is -3.40. The summed E-state index contributed by atoms with van der Waals surface area (Å²) in [4.78, 5) is 31.0. The number of anilines is 2. The molecule has 2 amide bonds. The number of nitrogens with zero attached hydrogens (tertiary/aromatic N) is 3. The van der Waals surface area contributed by atoms with E-state index >= 15 is 0 Å². The third-order valence-corrected chi connectivity index (χ3v) is 7.66. The first-order valence-electron chi connectivity index (χ1n) is 15.1. The molecule has 1 fully saturated rings. The summed E-state index contributed by atoms with van der Waals surface area (Å²) < 4.78 is 7.48. The molecule has 3 aromatic rings. The van der Waals surface area contributed by atoms with E-state index in [1.54, 1.807) is 12.1 Å². The molecule has 0 aliphatic carbocycles. The van der Waals surface area contributed by atoms with Crippen molar-refractivity contribution in [2.75, 3.05) is 23.8 Å². The van der Waals surface area contributed by atoms with Crippen LogP contribution in [0.2, 0.25) is 6.32 Å². The van der Waals surface area contributed by atoms with Crippen molar-refractivity contribution >= 4 is 42.1 Å². The molecule has 218 valence electrons. The lowest BCUT2D eigenvalue weighted by Crippen LogP contribution is -2.30. The molecule has 3 N–H and O–H groups in total. The quantitative estimate of drug-likeness (QED) is 0.170. The first-order chi connectivity index (χ1) is 20.0. The molecule has 0 atom stereocenters. The zero-order valence-corrected chi connectivity index (χ0v) is 24.5. The number of nitrogens with one attached hydrogen (secondary N) is 3. The van der Waals surface area contributed by atoms with Gasteiger partial charge in [-0.05, 0) is 44.7 Å². The molecule has 2 aromatic heterocycles. The minimum atomic E-state index is -0.244. The third-order valence-electron chi connectivity index (χ3n) is 7.66. The van der Waals surface area contributed by atoms with Crippen molar-refractivity contribution in [2.24, 2.45) is 0 Å². The Morgan fingerprint density at radius 2 is 1.83 bits per heavy atom. The van der Waals surface area contributed by atoms with E-state index in [2.05, 4.69) is 34.9 Å². The van der Waals surface area contributed by atoms with Gasteiger partial charge in [0, 0.05) is 50.0 Å². The van der Waals surface area contributed by atoms with Crippen LogP contribution in [-0.4, -0.2) is 53.7 Å². The van der Waals surface area contributed by atoms with Gasteiger partial charge in [0.1, 0.15) is 0 Å². The normalized spacial score (nSPS) is 13.8. The summed E-state index contributed by atoms with van der Waals surface area (Å²) in [6.07, 6.45) is 10.6. The van der Waals surface area contributed by atoms with Gasteiger partial charge in [-0.1, -0.05) is 51.1 Å². The minimum Gasteiger partial charge on any atom is -0.381 e. The van der Waals surface area contributed by atoms with E-state index in [9.17, 15) is 9.59 Å². The van der Waals surface area contributed by atoms with Gasteiger partial charge < -0.3 is 20.7 Å². The van der Waals surface area contributed by atoms with Crippen molar-refractivity contribution in [3.8, 4) is 0 Å². The second-order valence-corrected chi connectivity index (χ2v) is 10.6. The van der Waals surface area contributed by atoms with E-state index in [-0.39, 0.29) is 17.9 Å². The highest BCUT2D eigenvalue weighted by atomic mass is 16.5. The maximum atomic E-state index is 13.4. The summed E-state index contributed by atoms with van der Waals surface area (Å²) in [5, 5.41) is 15.3. The molecule has 2 radical (unpaired) electrons. The Balaban J connectivity index is 1.49. The number of pyridine rings is 1. The molecule has 1 saturated heterocycles. The Bertz CT molecular complexity index is 1300. The van der Waals surface area contributed by atoms with Crippen LogP contribution in [0, 0.1) is 0 Å². The zero-order chi connectivity index (χ0) is 29.0. The predicted molar refractivity (Wildman–Crippen MR) is 165 cm³/mol. The van der Waals surface area contributed by atoms with Crippen LogP contribution in [0.3, 0.4) is 0 Å². The molecule has 10 heteroatoms. The minimum absolute atomic E-state index is 0.0807. The maximum absolute atomic E-state index is 13.4. The molecule has 9 nitrogen and oxygen atoms in total. The molecule has 1 aliphatic rings. The zero-order valence-electron chi connectivity index (χ0n) is 24.5. The number of rotatable bonds is 15. The maximum Gasteiger partial charge on any atom is 0.253 e. The summed E-state index contributed by atoms with van der Waals surface area (Å²) >= 11 is 0. The van der Waals surface area contributed by atoms with Gasteiger partial charge in [-0.2, -0.15) is 5.10 Å². The molecule has 1 aromatic carbocycles. The van der Waals surface area contributed by atoms with Gasteiger partial charge in [0.25, 0.3) is 5.91 Å². The number of hydrogen-bond donors (Lipinski definition) is 3. The second kappa shape index (κ2) is 15.6. The van der Waals surface area contributed by atoms with E-state index in [0.717, 1.165) is 99.1 Å². The molecule has 0 bridgehead atoms. The number of para-hydroxylation sites is 1. The average Bonchev–Trinajstić information content (AvgIpc) is 3.41. The van der Waals surface area contributed by atoms with Gasteiger partial charge in [0.2, 0.25) is 5.91 Å². The van der Waals surface area contributed by atoms with Gasteiger partial charge in [-0.15, -0.1) is 0 Å². The lowest BCUT2D eigenvalue weighted by Gasteiger charge is -2.26. The highest BCUT2D eigenvalue weighted by Gasteiger charge is 2.22. The molecular weight excluding hydrogens is 515 g/mol. The van der Waals surface area contributed by atoms with Crippen molar-refractivity contribution in [3.63, 3.8) is 0 Å². The van der Waals surface area contributed by atoms with Crippen molar-refractivity contribution in [2.45, 2.75) is 97.1 Å². The SMILES string of the molecule is [B]CCCCCCCC(=O)Nc1ccccc1C(=O)NCc1c(CC)nc2c(cnn2CC)c1NC1CCOCC1. The highest BCUT2D eigenvalue weighted by molar-refractivity contribution is 6.08. The Morgan fingerprint density at radius 3 is 2.59 bits per heavy atom. The van der Waals surface area contributed by atoms with Crippen LogP contribution in [0.5, 0.6) is 0 Å². The number of aryl methyl sites for hydroxylation is 2. The highest BCUT2D eigenvalue weighted by Crippen LogP contribution is 2.31. The number of amides is 2. The molecule has 0 spiro atoms. The monoisotopic (exact) mass is 558 g/mol. The Kier molecular flexibility index (Phi) is 11.6. The van der Waals surface area contributed by atoms with Crippen molar-refractivity contribution in [1.82, 2.24) is 20.1 Å². The number of carbonyl (C=O) groups excluding carboxylic acids is 2. The number of aromatic nitrogens is 3. The Morgan fingerprint density at radius 1 is 1.07 bits per heavy atom. The summed E-state index contributed by atoms with van der Waals surface area (Å²) in [6.45, 7) is 6.61. The molecule has 41 heavy (non-hydrogen) atoms. The van der Waals surface area contributed by atoms with Gasteiger partial charge in [-0.25, -0.2) is 9.67 Å². The number of benzene rings is 1. The van der Waals surface area contributed by atoms with Gasteiger partial charge in [0.15, 0.2) is 5.65 Å². The van der Waals surface area contributed by atoms with Crippen LogP contribution in [0.4, 0.5) is 11.4 Å². The fraction of sp³-hybridized carbons (Fsp3) is 0.548. The van der Waals surface area contributed by atoms with Crippen LogP contribution < -0.4 is 16.0 Å². The summed E-state index contributed by atoms with van der Waals surface area (Å²) in [5.74, 6) is -0.325. The van der Waals surface area contributed by atoms with E-state index in [0.29, 0.717) is 30.5 Å². The average molecular weight is 559 g/mol. The largest absolute Gasteiger partial charge is 0.381 e. The molecule has 0 saturated carbocycles. The van der Waals surface area contributed by atoms with Crippen LogP contribution in [-0.2, 0) is 29.0 Å². The summed E-state index contributed by atoms with van der Waals surface area (Å²) in [6, 6.07) is 7.43. The number of ether oxygens (including phenoxy) is 1. The van der Waals surface area contributed by atoms with E-state index in [4.69, 9.17) is 17.6 Å². The van der Waals surface area contributed by atoms with Gasteiger partial charge in [0.05, 0.1) is 36.4 Å². The molecule has 0 unspecified atom stereocenters. The van der Waals surface area contributed by atoms with Crippen LogP contribution in [0.15, 0.2) is 30.5 Å². The fourth-order valence-corrected chi connectivity index (χ4v) is 5.33. The number of fused-ring (bicyclic) bond motifs is 1. The summed E-state index contributed by atoms with van der Waals surface area (Å²) in [7, 11) is 5.55. The standard InChI is InChI=1S/C31H43BN6O3/c1-3-26-24(29(35-22-15-18-41-19-16-22)25-21-34-38(4-2)30(25)37-26)20-33-31(40)23-12-9-10-13-27(23)36-28(39)14-8-6-5-7-11-17-32/h9-10,12-13,21-22H,3-8,11,14-20H2,1-2H3,(H,33,40)(H,35,37)(H,36,39). The van der Waals surface area contributed by atoms with Gasteiger partial charge in [-0.3, -0.25) is 9.59 Å². The summed E-state index contributed by atoms with van der Waals surface area (Å²) in [5.41, 5.74) is 4.68. The van der Waals surface area contributed by atoms with Crippen LogP contribution in [0.1, 0.15) is 86.8 Å².